The van der Waals surface area contributed by atoms with E-state index >= 15 is 0 Å². The molecule has 5 rings (SSSR count). The maximum absolute atomic E-state index is 6.23. The van der Waals surface area contributed by atoms with E-state index in [-0.39, 0.29) is 0 Å². The fourth-order valence-electron chi connectivity index (χ4n) is 3.87. The van der Waals surface area contributed by atoms with Crippen LogP contribution in [0.2, 0.25) is 0 Å². The third-order valence-electron chi connectivity index (χ3n) is 5.47. The number of nitrogens with zero attached hydrogens (tertiary/aromatic N) is 6. The number of benzene rings is 1. The van der Waals surface area contributed by atoms with Crippen molar-refractivity contribution in [1.29, 1.82) is 0 Å². The Morgan fingerprint density at radius 1 is 1.00 bits per heavy atom. The van der Waals surface area contributed by atoms with Crippen molar-refractivity contribution in [3.63, 3.8) is 0 Å². The van der Waals surface area contributed by atoms with Crippen LogP contribution in [0, 0.1) is 0 Å². The Morgan fingerprint density at radius 3 is 2.50 bits per heavy atom. The summed E-state index contributed by atoms with van der Waals surface area (Å²) in [6, 6.07) is 11.8. The third-order valence-corrected chi connectivity index (χ3v) is 5.47. The summed E-state index contributed by atoms with van der Waals surface area (Å²) in [4.78, 5) is 14.0. The summed E-state index contributed by atoms with van der Waals surface area (Å²) in [5.74, 6) is 2.68. The minimum atomic E-state index is 0.518. The van der Waals surface area contributed by atoms with Crippen molar-refractivity contribution in [3.05, 3.63) is 42.7 Å². The van der Waals surface area contributed by atoms with Gasteiger partial charge in [-0.05, 0) is 24.3 Å². The number of aryl methyl sites for hydroxylation is 1. The highest BCUT2D eigenvalue weighted by atomic mass is 16.5. The zero-order valence-corrected chi connectivity index (χ0v) is 16.9. The van der Waals surface area contributed by atoms with E-state index in [9.17, 15) is 0 Å². The summed E-state index contributed by atoms with van der Waals surface area (Å²) >= 11 is 0. The standard InChI is InChI=1S/C21H23N7O2/c1-26-19(22)17-18(16-8-5-13-30-16)23-21(24-20(17)25-26)28-11-9-27(10-12-28)14-6-3-4-7-15(14)29-2/h3-8,13H,9-12,22H2,1-2H3. The number of fused-ring (bicyclic) bond motifs is 1. The molecular formula is C21H23N7O2. The largest absolute Gasteiger partial charge is 0.495 e. The molecule has 1 saturated heterocycles. The van der Waals surface area contributed by atoms with E-state index in [0.29, 0.717) is 34.3 Å². The number of aromatic nitrogens is 4. The molecule has 0 saturated carbocycles. The van der Waals surface area contributed by atoms with Crippen LogP contribution in [0.15, 0.2) is 47.1 Å². The van der Waals surface area contributed by atoms with Gasteiger partial charge in [0.15, 0.2) is 11.4 Å². The van der Waals surface area contributed by atoms with Gasteiger partial charge in [0.2, 0.25) is 5.95 Å². The zero-order chi connectivity index (χ0) is 20.7. The maximum atomic E-state index is 6.23. The highest BCUT2D eigenvalue weighted by molar-refractivity contribution is 5.97. The molecule has 1 aromatic carbocycles. The van der Waals surface area contributed by atoms with E-state index in [0.717, 1.165) is 37.6 Å². The molecule has 0 unspecified atom stereocenters. The Hall–Kier alpha value is -3.75. The number of furan rings is 1. The van der Waals surface area contributed by atoms with Gasteiger partial charge in [-0.2, -0.15) is 10.1 Å². The van der Waals surface area contributed by atoms with E-state index in [1.54, 1.807) is 25.1 Å². The molecule has 1 aliphatic rings. The monoisotopic (exact) mass is 405 g/mol. The summed E-state index contributed by atoms with van der Waals surface area (Å²) in [7, 11) is 3.50. The van der Waals surface area contributed by atoms with Gasteiger partial charge in [-0.25, -0.2) is 4.98 Å². The summed E-state index contributed by atoms with van der Waals surface area (Å²) in [5.41, 5.74) is 8.56. The van der Waals surface area contributed by atoms with Crippen LogP contribution in [0.25, 0.3) is 22.5 Å². The van der Waals surface area contributed by atoms with Crippen LogP contribution in [0.4, 0.5) is 17.5 Å². The van der Waals surface area contributed by atoms with Gasteiger partial charge < -0.3 is 24.7 Å². The Bertz CT molecular complexity index is 1180. The Balaban J connectivity index is 1.46. The van der Waals surface area contributed by atoms with Crippen molar-refractivity contribution in [1.82, 2.24) is 19.7 Å². The smallest absolute Gasteiger partial charge is 0.228 e. The topological polar surface area (TPSA) is 98.5 Å². The van der Waals surface area contributed by atoms with Crippen LogP contribution >= 0.6 is 0 Å². The third kappa shape index (κ3) is 2.99. The molecule has 0 atom stereocenters. The summed E-state index contributed by atoms with van der Waals surface area (Å²) in [6.07, 6.45) is 1.63. The molecule has 9 nitrogen and oxygen atoms in total. The number of hydrogen-bond acceptors (Lipinski definition) is 8. The first-order valence-corrected chi connectivity index (χ1v) is 9.82. The fourth-order valence-corrected chi connectivity index (χ4v) is 3.87. The van der Waals surface area contributed by atoms with Gasteiger partial charge in [-0.1, -0.05) is 12.1 Å². The molecule has 1 aliphatic heterocycles. The predicted octanol–water partition coefficient (Wildman–Crippen LogP) is 2.54. The minimum absolute atomic E-state index is 0.518. The number of nitrogens with two attached hydrogens (primary N) is 1. The molecule has 0 bridgehead atoms. The molecule has 9 heteroatoms. The lowest BCUT2D eigenvalue weighted by atomic mass is 10.2. The van der Waals surface area contributed by atoms with Crippen LogP contribution in [-0.2, 0) is 7.05 Å². The average Bonchev–Trinajstić information content (AvgIpc) is 3.42. The van der Waals surface area contributed by atoms with E-state index in [2.05, 4.69) is 21.0 Å². The van der Waals surface area contributed by atoms with Crippen molar-refractivity contribution in [2.24, 2.45) is 7.05 Å². The predicted molar refractivity (Wildman–Crippen MR) is 116 cm³/mol. The van der Waals surface area contributed by atoms with Gasteiger partial charge in [0.05, 0.1) is 24.4 Å². The molecular weight excluding hydrogens is 382 g/mol. The summed E-state index contributed by atoms with van der Waals surface area (Å²) < 4.78 is 12.7. The summed E-state index contributed by atoms with van der Waals surface area (Å²) in [5, 5.41) is 5.18. The Labute approximate surface area is 173 Å². The van der Waals surface area contributed by atoms with Crippen molar-refractivity contribution in [3.8, 4) is 17.2 Å². The maximum Gasteiger partial charge on any atom is 0.228 e. The molecule has 0 radical (unpaired) electrons. The molecule has 0 spiro atoms. The molecule has 1 fully saturated rings. The Kier molecular flexibility index (Phi) is 4.42. The lowest BCUT2D eigenvalue weighted by molar-refractivity contribution is 0.413. The highest BCUT2D eigenvalue weighted by Crippen LogP contribution is 2.33. The van der Waals surface area contributed by atoms with Gasteiger partial charge >= 0.3 is 0 Å². The number of rotatable bonds is 4. The van der Waals surface area contributed by atoms with Crippen LogP contribution in [0.5, 0.6) is 5.75 Å². The van der Waals surface area contributed by atoms with E-state index < -0.39 is 0 Å². The van der Waals surface area contributed by atoms with Crippen molar-refractivity contribution >= 4 is 28.5 Å². The second-order valence-corrected chi connectivity index (χ2v) is 7.20. The van der Waals surface area contributed by atoms with Gasteiger partial charge in [0.25, 0.3) is 0 Å². The molecule has 30 heavy (non-hydrogen) atoms. The van der Waals surface area contributed by atoms with E-state index in [4.69, 9.17) is 24.9 Å². The van der Waals surface area contributed by atoms with Gasteiger partial charge in [-0.15, -0.1) is 0 Å². The first-order valence-electron chi connectivity index (χ1n) is 9.82. The molecule has 3 aromatic heterocycles. The average molecular weight is 405 g/mol. The molecule has 2 N–H and O–H groups in total. The highest BCUT2D eigenvalue weighted by Gasteiger charge is 2.25. The van der Waals surface area contributed by atoms with Gasteiger partial charge in [-0.3, -0.25) is 4.68 Å². The second kappa shape index (κ2) is 7.25. The first kappa shape index (κ1) is 18.3. The van der Waals surface area contributed by atoms with Crippen molar-refractivity contribution < 1.29 is 9.15 Å². The van der Waals surface area contributed by atoms with Crippen LogP contribution in [-0.4, -0.2) is 53.0 Å². The lowest BCUT2D eigenvalue weighted by Gasteiger charge is -2.36. The number of para-hydroxylation sites is 2. The number of nitrogen functional groups attached to an aromatic ring is 1. The molecule has 0 amide bonds. The number of ether oxygens (including phenoxy) is 1. The fraction of sp³-hybridized carbons (Fsp3) is 0.286. The Morgan fingerprint density at radius 2 is 1.77 bits per heavy atom. The number of piperazine rings is 1. The van der Waals surface area contributed by atoms with E-state index in [1.165, 1.54) is 0 Å². The van der Waals surface area contributed by atoms with Crippen molar-refractivity contribution in [2.45, 2.75) is 0 Å². The van der Waals surface area contributed by atoms with Crippen LogP contribution < -0.4 is 20.3 Å². The SMILES string of the molecule is COc1ccccc1N1CCN(c2nc(-c3ccco3)c3c(N)n(C)nc3n2)CC1. The number of anilines is 3. The second-order valence-electron chi connectivity index (χ2n) is 7.20. The normalized spacial score (nSPS) is 14.5. The summed E-state index contributed by atoms with van der Waals surface area (Å²) in [6.45, 7) is 3.23. The minimum Gasteiger partial charge on any atom is -0.495 e. The van der Waals surface area contributed by atoms with Gasteiger partial charge in [0, 0.05) is 33.2 Å². The molecule has 0 aliphatic carbocycles. The van der Waals surface area contributed by atoms with E-state index in [1.807, 2.05) is 30.3 Å². The molecule has 4 aromatic rings. The van der Waals surface area contributed by atoms with Crippen LogP contribution in [0.1, 0.15) is 0 Å². The number of hydrogen-bond donors (Lipinski definition) is 1. The quantitative estimate of drug-likeness (QED) is 0.553. The first-order chi connectivity index (χ1) is 14.7. The lowest BCUT2D eigenvalue weighted by Crippen LogP contribution is -2.47. The van der Waals surface area contributed by atoms with Crippen molar-refractivity contribution in [2.75, 3.05) is 48.8 Å². The van der Waals surface area contributed by atoms with Gasteiger partial charge in [0.1, 0.15) is 17.3 Å². The zero-order valence-electron chi connectivity index (χ0n) is 16.9. The van der Waals surface area contributed by atoms with Crippen LogP contribution in [0.3, 0.4) is 0 Å². The number of methoxy groups -OCH3 is 1. The molecule has 4 heterocycles. The molecule has 154 valence electrons.